The van der Waals surface area contributed by atoms with Crippen LogP contribution in [0.1, 0.15) is 11.1 Å². The third-order valence-corrected chi connectivity index (χ3v) is 5.80. The quantitative estimate of drug-likeness (QED) is 0.557. The number of aromatic amines is 1. The minimum atomic E-state index is -0.456. The predicted octanol–water partition coefficient (Wildman–Crippen LogP) is -0.717. The zero-order chi connectivity index (χ0) is 21.3. The highest BCUT2D eigenvalue weighted by molar-refractivity contribution is 5.74. The van der Waals surface area contributed by atoms with E-state index in [1.54, 1.807) is 14.2 Å². The molecule has 9 heteroatoms. The monoisotopic (exact) mass is 413 g/mol. The summed E-state index contributed by atoms with van der Waals surface area (Å²) in [5.41, 5.74) is 2.60. The summed E-state index contributed by atoms with van der Waals surface area (Å²) in [5.74, 6) is 0.725. The van der Waals surface area contributed by atoms with Crippen molar-refractivity contribution in [3.63, 3.8) is 0 Å². The molecule has 2 aromatic heterocycles. The molecule has 1 fully saturated rings. The second-order valence-electron chi connectivity index (χ2n) is 7.95. The van der Waals surface area contributed by atoms with Crippen LogP contribution in [0.2, 0.25) is 0 Å². The molecule has 0 amide bonds. The highest BCUT2D eigenvalue weighted by Gasteiger charge is 2.26. The van der Waals surface area contributed by atoms with Gasteiger partial charge >= 0.3 is 5.69 Å². The number of anilines is 1. The van der Waals surface area contributed by atoms with Crippen LogP contribution in [0.3, 0.4) is 0 Å². The number of benzene rings is 1. The van der Waals surface area contributed by atoms with Crippen molar-refractivity contribution in [2.24, 2.45) is 7.05 Å². The number of quaternary nitrogens is 1. The molecule has 1 aliphatic heterocycles. The number of aryl methyl sites for hydroxylation is 2. The van der Waals surface area contributed by atoms with E-state index >= 15 is 0 Å². The van der Waals surface area contributed by atoms with Crippen LogP contribution in [0.4, 0.5) is 5.95 Å². The Labute approximate surface area is 174 Å². The number of nitrogens with zero attached hydrogens (tertiary/aromatic N) is 4. The van der Waals surface area contributed by atoms with Gasteiger partial charge in [-0.15, -0.1) is 0 Å². The number of piperazine rings is 1. The predicted molar refractivity (Wildman–Crippen MR) is 115 cm³/mol. The maximum atomic E-state index is 12.5. The molecule has 0 atom stereocenters. The van der Waals surface area contributed by atoms with Gasteiger partial charge in [-0.2, -0.15) is 4.98 Å². The third-order valence-electron chi connectivity index (χ3n) is 5.80. The Hall–Kier alpha value is -2.91. The molecule has 1 saturated heterocycles. The van der Waals surface area contributed by atoms with Crippen LogP contribution in [0.5, 0.6) is 0 Å². The largest absolute Gasteiger partial charge is 0.383 e. The van der Waals surface area contributed by atoms with E-state index in [0.29, 0.717) is 24.3 Å². The summed E-state index contributed by atoms with van der Waals surface area (Å²) >= 11 is 0. The fraction of sp³-hybridized carbons (Fsp3) is 0.476. The molecule has 3 aromatic rings. The van der Waals surface area contributed by atoms with Gasteiger partial charge in [0.1, 0.15) is 6.54 Å². The molecule has 2 N–H and O–H groups in total. The molecule has 0 bridgehead atoms. The molecule has 0 unspecified atom stereocenters. The van der Waals surface area contributed by atoms with Gasteiger partial charge in [-0.1, -0.05) is 29.8 Å². The number of hydrogen-bond donors (Lipinski definition) is 2. The maximum Gasteiger partial charge on any atom is 0.329 e. The number of aromatic nitrogens is 4. The van der Waals surface area contributed by atoms with Crippen molar-refractivity contribution in [3.05, 3.63) is 56.2 Å². The lowest BCUT2D eigenvalue weighted by Gasteiger charge is -2.33. The molecule has 4 rings (SSSR count). The summed E-state index contributed by atoms with van der Waals surface area (Å²) in [7, 11) is 3.26. The molecule has 3 heterocycles. The van der Waals surface area contributed by atoms with Crippen LogP contribution >= 0.6 is 0 Å². The average molecular weight is 414 g/mol. The van der Waals surface area contributed by atoms with Gasteiger partial charge in [0.15, 0.2) is 11.2 Å². The van der Waals surface area contributed by atoms with E-state index in [1.165, 1.54) is 20.6 Å². The minimum Gasteiger partial charge on any atom is -0.383 e. The van der Waals surface area contributed by atoms with E-state index < -0.39 is 11.2 Å². The van der Waals surface area contributed by atoms with Gasteiger partial charge in [0, 0.05) is 26.3 Å². The van der Waals surface area contributed by atoms with E-state index in [1.807, 2.05) is 4.57 Å². The molecule has 0 spiro atoms. The minimum absolute atomic E-state index is 0.407. The SMILES string of the molecule is COCCn1c(N2CC[NH+](Cc3cccc(C)c3)CC2)nc2c1c(=O)[nH]c(=O)n2C. The standard InChI is InChI=1S/C21H28N6O3/c1-15-5-4-6-16(13-15)14-25-7-9-26(10-8-25)20-22-18-17(27(20)11-12-30-3)19(28)23-21(29)24(18)2/h4-6,13H,7-12,14H2,1-3H3,(H,23,28,29)/p+1. The highest BCUT2D eigenvalue weighted by atomic mass is 16.5. The fourth-order valence-electron chi connectivity index (χ4n) is 4.17. The molecule has 0 saturated carbocycles. The molecule has 1 aliphatic rings. The van der Waals surface area contributed by atoms with Crippen molar-refractivity contribution in [2.75, 3.05) is 44.8 Å². The summed E-state index contributed by atoms with van der Waals surface area (Å²) in [4.78, 5) is 35.4. The van der Waals surface area contributed by atoms with Gasteiger partial charge in [-0.25, -0.2) is 4.79 Å². The van der Waals surface area contributed by atoms with Gasteiger partial charge in [0.2, 0.25) is 5.95 Å². The summed E-state index contributed by atoms with van der Waals surface area (Å²) in [6, 6.07) is 8.66. The number of hydrogen-bond acceptors (Lipinski definition) is 5. The lowest BCUT2D eigenvalue weighted by atomic mass is 10.1. The second kappa shape index (κ2) is 8.45. The van der Waals surface area contributed by atoms with Crippen molar-refractivity contribution >= 4 is 17.1 Å². The Balaban J connectivity index is 1.59. The first-order chi connectivity index (χ1) is 14.5. The van der Waals surface area contributed by atoms with E-state index in [9.17, 15) is 9.59 Å². The summed E-state index contributed by atoms with van der Waals surface area (Å²) < 4.78 is 8.51. The van der Waals surface area contributed by atoms with Gasteiger partial charge in [-0.05, 0) is 6.92 Å². The lowest BCUT2D eigenvalue weighted by Crippen LogP contribution is -3.13. The number of fused-ring (bicyclic) bond motifs is 1. The van der Waals surface area contributed by atoms with Gasteiger partial charge in [-0.3, -0.25) is 14.3 Å². The zero-order valence-corrected chi connectivity index (χ0v) is 17.8. The molecule has 1 aromatic carbocycles. The van der Waals surface area contributed by atoms with Crippen LogP contribution in [-0.4, -0.2) is 59.0 Å². The zero-order valence-electron chi connectivity index (χ0n) is 17.8. The first kappa shape index (κ1) is 20.4. The van der Waals surface area contributed by atoms with E-state index in [2.05, 4.69) is 41.1 Å². The maximum absolute atomic E-state index is 12.5. The topological polar surface area (TPSA) is 89.6 Å². The van der Waals surface area contributed by atoms with Gasteiger partial charge in [0.05, 0.1) is 32.8 Å². The van der Waals surface area contributed by atoms with Crippen molar-refractivity contribution in [1.82, 2.24) is 19.1 Å². The summed E-state index contributed by atoms with van der Waals surface area (Å²) in [5, 5.41) is 0. The van der Waals surface area contributed by atoms with E-state index in [-0.39, 0.29) is 0 Å². The fourth-order valence-corrected chi connectivity index (χ4v) is 4.17. The molecule has 9 nitrogen and oxygen atoms in total. The second-order valence-corrected chi connectivity index (χ2v) is 7.95. The molecule has 160 valence electrons. The smallest absolute Gasteiger partial charge is 0.329 e. The van der Waals surface area contributed by atoms with Crippen molar-refractivity contribution in [3.8, 4) is 0 Å². The Morgan fingerprint density at radius 3 is 2.70 bits per heavy atom. The number of ether oxygens (including phenoxy) is 1. The number of H-pyrrole nitrogens is 1. The Morgan fingerprint density at radius 1 is 1.23 bits per heavy atom. The van der Waals surface area contributed by atoms with E-state index in [4.69, 9.17) is 9.72 Å². The Bertz CT molecular complexity index is 1150. The van der Waals surface area contributed by atoms with Gasteiger partial charge in [0.25, 0.3) is 5.56 Å². The van der Waals surface area contributed by atoms with Gasteiger partial charge < -0.3 is 19.1 Å². The van der Waals surface area contributed by atoms with Crippen LogP contribution in [0, 0.1) is 6.92 Å². The van der Waals surface area contributed by atoms with Crippen LogP contribution in [-0.2, 0) is 24.9 Å². The summed E-state index contributed by atoms with van der Waals surface area (Å²) in [6.45, 7) is 7.72. The first-order valence-electron chi connectivity index (χ1n) is 10.3. The molecule has 0 radical (unpaired) electrons. The number of imidazole rings is 1. The molecule has 30 heavy (non-hydrogen) atoms. The normalized spacial score (nSPS) is 15.2. The van der Waals surface area contributed by atoms with Crippen LogP contribution in [0.15, 0.2) is 33.9 Å². The van der Waals surface area contributed by atoms with Crippen LogP contribution in [0.25, 0.3) is 11.2 Å². The molecular weight excluding hydrogens is 384 g/mol. The third kappa shape index (κ3) is 3.90. The summed E-state index contributed by atoms with van der Waals surface area (Å²) in [6.07, 6.45) is 0. The first-order valence-corrected chi connectivity index (χ1v) is 10.3. The molecular formula is C21H29N6O3+. The lowest BCUT2D eigenvalue weighted by molar-refractivity contribution is -0.914. The molecule has 0 aliphatic carbocycles. The number of nitrogens with one attached hydrogen (secondary N) is 2. The number of rotatable bonds is 6. The van der Waals surface area contributed by atoms with Crippen molar-refractivity contribution < 1.29 is 9.64 Å². The van der Waals surface area contributed by atoms with Crippen molar-refractivity contribution in [1.29, 1.82) is 0 Å². The highest BCUT2D eigenvalue weighted by Crippen LogP contribution is 2.19. The average Bonchev–Trinajstić information content (AvgIpc) is 3.11. The Kier molecular flexibility index (Phi) is 5.74. The van der Waals surface area contributed by atoms with E-state index in [0.717, 1.165) is 38.7 Å². The Morgan fingerprint density at radius 2 is 2.00 bits per heavy atom. The van der Waals surface area contributed by atoms with Crippen molar-refractivity contribution in [2.45, 2.75) is 20.0 Å². The number of methoxy groups -OCH3 is 1. The van der Waals surface area contributed by atoms with Crippen LogP contribution < -0.4 is 21.0 Å².